The molecule has 0 aromatic heterocycles. The minimum atomic E-state index is -4.50. The lowest BCUT2D eigenvalue weighted by atomic mass is 9.76. The van der Waals surface area contributed by atoms with E-state index in [0.717, 1.165) is 25.0 Å². The monoisotopic (exact) mass is 453 g/mol. The van der Waals surface area contributed by atoms with Gasteiger partial charge in [0.2, 0.25) is 0 Å². The highest BCUT2D eigenvalue weighted by Crippen LogP contribution is 2.29. The van der Waals surface area contributed by atoms with E-state index in [0.29, 0.717) is 18.5 Å². The highest BCUT2D eigenvalue weighted by atomic mass is 19.4. The van der Waals surface area contributed by atoms with Crippen LogP contribution in [0.3, 0.4) is 0 Å². The van der Waals surface area contributed by atoms with E-state index in [9.17, 15) is 32.8 Å². The molecule has 32 heavy (non-hydrogen) atoms. The molecule has 0 spiro atoms. The van der Waals surface area contributed by atoms with Gasteiger partial charge < -0.3 is 25.0 Å². The van der Waals surface area contributed by atoms with Gasteiger partial charge >= 0.3 is 19.4 Å². The Morgan fingerprint density at radius 1 is 1.31 bits per heavy atom. The van der Waals surface area contributed by atoms with Crippen molar-refractivity contribution in [1.82, 2.24) is 10.2 Å². The van der Waals surface area contributed by atoms with Crippen LogP contribution in [0.5, 0.6) is 0 Å². The molecule has 1 aromatic rings. The molecule has 8 nitrogen and oxygen atoms in total. The van der Waals surface area contributed by atoms with Crippen LogP contribution >= 0.6 is 0 Å². The molecule has 0 radical (unpaired) electrons. The predicted octanol–water partition coefficient (Wildman–Crippen LogP) is 1.82. The van der Waals surface area contributed by atoms with Gasteiger partial charge in [0.05, 0.1) is 17.5 Å². The van der Waals surface area contributed by atoms with Crippen LogP contribution in [-0.4, -0.2) is 59.2 Å². The fraction of sp³-hybridized carbons (Fsp3) is 0.450. The number of amides is 2. The Balaban J connectivity index is 1.94. The molecule has 12 heteroatoms. The summed E-state index contributed by atoms with van der Waals surface area (Å²) in [6, 6.07) is 5.32. The van der Waals surface area contributed by atoms with E-state index < -0.39 is 42.8 Å². The molecule has 2 rings (SSSR count). The Morgan fingerprint density at radius 2 is 1.97 bits per heavy atom. The normalized spacial score (nSPS) is 17.1. The van der Waals surface area contributed by atoms with Crippen LogP contribution in [0.15, 0.2) is 36.4 Å². The quantitative estimate of drug-likeness (QED) is 0.329. The first-order valence-corrected chi connectivity index (χ1v) is 9.88. The van der Waals surface area contributed by atoms with Crippen molar-refractivity contribution in [3.05, 3.63) is 47.5 Å². The number of benzene rings is 1. The first kappa shape index (κ1) is 25.2. The fourth-order valence-electron chi connectivity index (χ4n) is 3.34. The molecule has 1 aromatic carbocycles. The van der Waals surface area contributed by atoms with Gasteiger partial charge in [-0.3, -0.25) is 4.79 Å². The predicted molar refractivity (Wildman–Crippen MR) is 108 cm³/mol. The second-order valence-corrected chi connectivity index (χ2v) is 7.40. The zero-order valence-corrected chi connectivity index (χ0v) is 17.1. The summed E-state index contributed by atoms with van der Waals surface area (Å²) in [5.41, 5.74) is -0.725. The van der Waals surface area contributed by atoms with Crippen LogP contribution in [0, 0.1) is 11.3 Å². The molecule has 1 saturated heterocycles. The van der Waals surface area contributed by atoms with Crippen molar-refractivity contribution >= 4 is 19.1 Å². The van der Waals surface area contributed by atoms with Gasteiger partial charge in [0.25, 0.3) is 5.91 Å². The summed E-state index contributed by atoms with van der Waals surface area (Å²) in [5, 5.41) is 30.2. The average molecular weight is 453 g/mol. The molecule has 0 bridgehead atoms. The maximum absolute atomic E-state index is 12.7. The van der Waals surface area contributed by atoms with Crippen molar-refractivity contribution in [2.24, 2.45) is 0 Å². The largest absolute Gasteiger partial charge is 0.475 e. The van der Waals surface area contributed by atoms with Gasteiger partial charge in [-0.1, -0.05) is 18.7 Å². The van der Waals surface area contributed by atoms with E-state index in [-0.39, 0.29) is 18.6 Å². The number of rotatable bonds is 7. The van der Waals surface area contributed by atoms with Gasteiger partial charge in [-0.2, -0.15) is 18.4 Å². The number of hydrogen-bond acceptors (Lipinski definition) is 6. The maximum Gasteiger partial charge on any atom is 0.475 e. The van der Waals surface area contributed by atoms with Crippen LogP contribution in [0.25, 0.3) is 0 Å². The smallest absolute Gasteiger partial charge is 0.447 e. The number of nitrogens with zero attached hydrogens (tertiary/aromatic N) is 2. The van der Waals surface area contributed by atoms with Gasteiger partial charge in [-0.15, -0.1) is 0 Å². The average Bonchev–Trinajstić information content (AvgIpc) is 2.76. The number of alkyl carbamates (subject to hydrolysis) is 1. The number of nitriles is 1. The minimum absolute atomic E-state index is 0.152. The van der Waals surface area contributed by atoms with Crippen LogP contribution in [-0.2, 0) is 22.1 Å². The van der Waals surface area contributed by atoms with E-state index in [1.165, 1.54) is 17.0 Å². The summed E-state index contributed by atoms with van der Waals surface area (Å²) in [6.07, 6.45) is -3.54. The molecule has 0 unspecified atom stereocenters. The lowest BCUT2D eigenvalue weighted by Crippen LogP contribution is -2.50. The van der Waals surface area contributed by atoms with Gasteiger partial charge in [0, 0.05) is 6.54 Å². The molecule has 3 N–H and O–H groups in total. The van der Waals surface area contributed by atoms with Gasteiger partial charge in [0.15, 0.2) is 0 Å². The number of halogens is 3. The number of alkyl halides is 3. The summed E-state index contributed by atoms with van der Waals surface area (Å²) >= 11 is 0. The van der Waals surface area contributed by atoms with E-state index in [2.05, 4.69) is 11.9 Å². The Labute approximate surface area is 183 Å². The third kappa shape index (κ3) is 7.00. The second-order valence-electron chi connectivity index (χ2n) is 7.40. The summed E-state index contributed by atoms with van der Waals surface area (Å²) < 4.78 is 43.1. The van der Waals surface area contributed by atoms with Crippen molar-refractivity contribution in [3.63, 3.8) is 0 Å². The molecule has 1 aliphatic rings. The lowest BCUT2D eigenvalue weighted by molar-refractivity contribution is -0.137. The summed E-state index contributed by atoms with van der Waals surface area (Å²) in [6.45, 7) is 3.62. The number of piperidine rings is 1. The van der Waals surface area contributed by atoms with E-state index >= 15 is 0 Å². The van der Waals surface area contributed by atoms with Crippen molar-refractivity contribution in [2.75, 3.05) is 13.2 Å². The molecular formula is C20H23BF3N3O5. The molecule has 1 heterocycles. The molecule has 1 fully saturated rings. The van der Waals surface area contributed by atoms with E-state index in [1.54, 1.807) is 6.07 Å². The first-order valence-electron chi connectivity index (χ1n) is 9.88. The van der Waals surface area contributed by atoms with E-state index in [4.69, 9.17) is 10.00 Å². The van der Waals surface area contributed by atoms with Crippen LogP contribution in [0.4, 0.5) is 18.0 Å². The van der Waals surface area contributed by atoms with Crippen molar-refractivity contribution in [1.29, 1.82) is 5.26 Å². The van der Waals surface area contributed by atoms with Gasteiger partial charge in [-0.05, 0) is 43.4 Å². The number of nitrogens with one attached hydrogen (secondary N) is 1. The first-order chi connectivity index (χ1) is 15.0. The molecule has 2 amide bonds. The Hall–Kier alpha value is -3.04. The maximum atomic E-state index is 12.7. The topological polar surface area (TPSA) is 123 Å². The number of likely N-dealkylation sites (tertiary alicyclic amines) is 1. The zero-order valence-electron chi connectivity index (χ0n) is 17.1. The van der Waals surface area contributed by atoms with Gasteiger partial charge in [0.1, 0.15) is 18.2 Å². The Bertz CT molecular complexity index is 871. The number of carbonyl (C=O) groups is 2. The molecule has 172 valence electrons. The molecular weight excluding hydrogens is 430 g/mol. The minimum Gasteiger partial charge on any atom is -0.447 e. The third-order valence-corrected chi connectivity index (χ3v) is 5.09. The molecule has 0 aliphatic carbocycles. The standard InChI is InChI=1S/C20H23BF3N3O5/c1-13(11-25)18(28)27-9-3-2-4-16(27)12-32-19(29)26-17(21(30)31)10-14-5-7-15(8-6-14)20(22,23)24/h5-8,16-17,30-31H,1-4,9-10,12H2,(H,26,29)/t16-,17+/m1/s1. The fourth-order valence-corrected chi connectivity index (χ4v) is 3.34. The molecule has 2 atom stereocenters. The third-order valence-electron chi connectivity index (χ3n) is 5.09. The Morgan fingerprint density at radius 3 is 2.53 bits per heavy atom. The number of ether oxygens (including phenoxy) is 1. The van der Waals surface area contributed by atoms with Crippen molar-refractivity contribution in [3.8, 4) is 6.07 Å². The zero-order chi connectivity index (χ0) is 23.9. The van der Waals surface area contributed by atoms with Crippen LogP contribution in [0.1, 0.15) is 30.4 Å². The molecule has 0 saturated carbocycles. The van der Waals surface area contributed by atoms with Crippen molar-refractivity contribution in [2.45, 2.75) is 43.8 Å². The van der Waals surface area contributed by atoms with Crippen LogP contribution in [0.2, 0.25) is 0 Å². The molecule has 1 aliphatic heterocycles. The number of hydrogen-bond donors (Lipinski definition) is 3. The summed E-state index contributed by atoms with van der Waals surface area (Å²) in [5.74, 6) is -1.77. The SMILES string of the molecule is C=C(C#N)C(=O)N1CCCC[C@@H]1COC(=O)N[C@@H](Cc1ccc(C(F)(F)F)cc1)B(O)O. The Kier molecular flexibility index (Phi) is 8.68. The van der Waals surface area contributed by atoms with Gasteiger partial charge in [-0.25, -0.2) is 4.79 Å². The van der Waals surface area contributed by atoms with E-state index in [1.807, 2.05) is 0 Å². The summed E-state index contributed by atoms with van der Waals surface area (Å²) in [4.78, 5) is 25.8. The van der Waals surface area contributed by atoms with Crippen molar-refractivity contribution < 1.29 is 37.5 Å². The highest BCUT2D eigenvalue weighted by Gasteiger charge is 2.32. The number of carbonyl (C=O) groups excluding carboxylic acids is 2. The lowest BCUT2D eigenvalue weighted by Gasteiger charge is -2.35. The second kappa shape index (κ2) is 11.0. The highest BCUT2D eigenvalue weighted by molar-refractivity contribution is 6.43. The summed E-state index contributed by atoms with van der Waals surface area (Å²) in [7, 11) is -1.99. The van der Waals surface area contributed by atoms with Crippen LogP contribution < -0.4 is 5.32 Å².